The Bertz CT molecular complexity index is 821. The summed E-state index contributed by atoms with van der Waals surface area (Å²) in [4.78, 5) is 5.53. The highest BCUT2D eigenvalue weighted by Gasteiger charge is 2.14. The Morgan fingerprint density at radius 3 is 2.57 bits per heavy atom. The molecule has 0 unspecified atom stereocenters. The summed E-state index contributed by atoms with van der Waals surface area (Å²) in [6.45, 7) is 0. The van der Waals surface area contributed by atoms with Crippen LogP contribution in [0.4, 0.5) is 0 Å². The van der Waals surface area contributed by atoms with Gasteiger partial charge in [0.25, 0.3) is 0 Å². The van der Waals surface area contributed by atoms with Gasteiger partial charge in [-0.25, -0.2) is 4.98 Å². The molecule has 0 fully saturated rings. The first kappa shape index (κ1) is 14.3. The van der Waals surface area contributed by atoms with Crippen molar-refractivity contribution >= 4 is 38.9 Å². The fourth-order valence-electron chi connectivity index (χ4n) is 2.03. The van der Waals surface area contributed by atoms with E-state index < -0.39 is 0 Å². The van der Waals surface area contributed by atoms with Crippen molar-refractivity contribution in [2.24, 2.45) is 0 Å². The van der Waals surface area contributed by atoms with E-state index in [-0.39, 0.29) is 0 Å². The fraction of sp³-hybridized carbons (Fsp3) is 0. The number of pyridine rings is 1. The standard InChI is InChI=1S/C16H8BrClN2S/c17-16-13(9-19)12(10-3-5-11(18)6-4-10)8-14(20-16)15-2-1-7-21-15/h1-8H. The Morgan fingerprint density at radius 1 is 1.19 bits per heavy atom. The van der Waals surface area contributed by atoms with Crippen molar-refractivity contribution in [1.82, 2.24) is 4.98 Å². The molecule has 1 aromatic carbocycles. The quantitative estimate of drug-likeness (QED) is 0.533. The maximum atomic E-state index is 9.39. The van der Waals surface area contributed by atoms with Crippen LogP contribution in [0, 0.1) is 11.3 Å². The average Bonchev–Trinajstić information content (AvgIpc) is 3.01. The van der Waals surface area contributed by atoms with Crippen LogP contribution in [-0.2, 0) is 0 Å². The van der Waals surface area contributed by atoms with E-state index in [0.29, 0.717) is 15.2 Å². The summed E-state index contributed by atoms with van der Waals surface area (Å²) in [6.07, 6.45) is 0. The maximum Gasteiger partial charge on any atom is 0.125 e. The second-order valence-electron chi connectivity index (χ2n) is 4.32. The second-order valence-corrected chi connectivity index (χ2v) is 6.45. The van der Waals surface area contributed by atoms with Gasteiger partial charge >= 0.3 is 0 Å². The van der Waals surface area contributed by atoms with Gasteiger partial charge < -0.3 is 0 Å². The molecule has 102 valence electrons. The number of aromatic nitrogens is 1. The number of thiophene rings is 1. The van der Waals surface area contributed by atoms with E-state index in [1.165, 1.54) is 0 Å². The Kier molecular flexibility index (Phi) is 4.07. The first-order chi connectivity index (χ1) is 10.2. The molecule has 3 rings (SSSR count). The Labute approximate surface area is 139 Å². The van der Waals surface area contributed by atoms with E-state index >= 15 is 0 Å². The molecule has 2 heterocycles. The smallest absolute Gasteiger partial charge is 0.125 e. The minimum Gasteiger partial charge on any atom is -0.239 e. The lowest BCUT2D eigenvalue weighted by Crippen LogP contribution is -1.92. The SMILES string of the molecule is N#Cc1c(-c2ccc(Cl)cc2)cc(-c2cccs2)nc1Br. The molecule has 21 heavy (non-hydrogen) atoms. The van der Waals surface area contributed by atoms with Gasteiger partial charge in [-0.05, 0) is 51.1 Å². The van der Waals surface area contributed by atoms with E-state index in [4.69, 9.17) is 11.6 Å². The number of hydrogen-bond donors (Lipinski definition) is 0. The van der Waals surface area contributed by atoms with Crippen molar-refractivity contribution in [3.8, 4) is 27.8 Å². The lowest BCUT2D eigenvalue weighted by Gasteiger charge is -2.08. The summed E-state index contributed by atoms with van der Waals surface area (Å²) in [7, 11) is 0. The average molecular weight is 376 g/mol. The van der Waals surface area contributed by atoms with Gasteiger partial charge in [0.1, 0.15) is 10.7 Å². The third kappa shape index (κ3) is 2.86. The van der Waals surface area contributed by atoms with Crippen LogP contribution < -0.4 is 0 Å². The number of hydrogen-bond acceptors (Lipinski definition) is 3. The summed E-state index contributed by atoms with van der Waals surface area (Å²) in [5.41, 5.74) is 3.16. The van der Waals surface area contributed by atoms with E-state index in [1.54, 1.807) is 11.3 Å². The van der Waals surface area contributed by atoms with Gasteiger partial charge in [0, 0.05) is 10.6 Å². The van der Waals surface area contributed by atoms with Crippen LogP contribution in [0.2, 0.25) is 5.02 Å². The molecular weight excluding hydrogens is 368 g/mol. The number of nitriles is 1. The van der Waals surface area contributed by atoms with Gasteiger partial charge in [-0.3, -0.25) is 0 Å². The molecule has 0 N–H and O–H groups in total. The highest BCUT2D eigenvalue weighted by molar-refractivity contribution is 9.10. The van der Waals surface area contributed by atoms with E-state index in [9.17, 15) is 5.26 Å². The molecule has 0 amide bonds. The van der Waals surface area contributed by atoms with Crippen LogP contribution in [0.25, 0.3) is 21.7 Å². The zero-order valence-electron chi connectivity index (χ0n) is 10.7. The Balaban J connectivity index is 2.22. The van der Waals surface area contributed by atoms with Crippen molar-refractivity contribution in [2.45, 2.75) is 0 Å². The number of benzene rings is 1. The summed E-state index contributed by atoms with van der Waals surface area (Å²) in [5, 5.41) is 12.1. The molecule has 0 saturated carbocycles. The first-order valence-electron chi connectivity index (χ1n) is 6.09. The van der Waals surface area contributed by atoms with Gasteiger partial charge in [0.15, 0.2) is 0 Å². The molecule has 3 aromatic rings. The Hall–Kier alpha value is -1.67. The van der Waals surface area contributed by atoms with Crippen molar-refractivity contribution in [3.05, 3.63) is 63.0 Å². The highest BCUT2D eigenvalue weighted by Crippen LogP contribution is 2.34. The van der Waals surface area contributed by atoms with Crippen molar-refractivity contribution in [2.75, 3.05) is 0 Å². The third-order valence-electron chi connectivity index (χ3n) is 3.02. The molecule has 2 aromatic heterocycles. The molecule has 0 aliphatic heterocycles. The highest BCUT2D eigenvalue weighted by atomic mass is 79.9. The molecule has 0 radical (unpaired) electrons. The van der Waals surface area contributed by atoms with Crippen LogP contribution in [-0.4, -0.2) is 4.98 Å². The first-order valence-corrected chi connectivity index (χ1v) is 8.14. The summed E-state index contributed by atoms with van der Waals surface area (Å²) < 4.78 is 0.556. The molecule has 0 spiro atoms. The molecule has 0 aliphatic rings. The molecule has 2 nitrogen and oxygen atoms in total. The van der Waals surface area contributed by atoms with E-state index in [0.717, 1.165) is 21.7 Å². The number of halogens is 2. The zero-order valence-corrected chi connectivity index (χ0v) is 13.8. The van der Waals surface area contributed by atoms with Gasteiger partial charge in [0.2, 0.25) is 0 Å². The predicted octanol–water partition coefficient (Wildman–Crippen LogP) is 5.76. The zero-order chi connectivity index (χ0) is 14.8. The van der Waals surface area contributed by atoms with Gasteiger partial charge in [-0.15, -0.1) is 11.3 Å². The number of nitrogens with zero attached hydrogens (tertiary/aromatic N) is 2. The van der Waals surface area contributed by atoms with Crippen molar-refractivity contribution in [3.63, 3.8) is 0 Å². The summed E-state index contributed by atoms with van der Waals surface area (Å²) >= 11 is 10.9. The fourth-order valence-corrected chi connectivity index (χ4v) is 3.33. The summed E-state index contributed by atoms with van der Waals surface area (Å²) in [6, 6.07) is 15.6. The lowest BCUT2D eigenvalue weighted by atomic mass is 10.0. The van der Waals surface area contributed by atoms with Crippen LogP contribution >= 0.6 is 38.9 Å². The van der Waals surface area contributed by atoms with Gasteiger partial charge in [-0.1, -0.05) is 29.8 Å². The van der Waals surface area contributed by atoms with E-state index in [1.807, 2.05) is 47.8 Å². The van der Waals surface area contributed by atoms with Crippen molar-refractivity contribution < 1.29 is 0 Å². The molecular formula is C16H8BrClN2S. The van der Waals surface area contributed by atoms with Crippen molar-refractivity contribution in [1.29, 1.82) is 5.26 Å². The molecule has 0 aliphatic carbocycles. The maximum absolute atomic E-state index is 9.39. The summed E-state index contributed by atoms with van der Waals surface area (Å²) in [5.74, 6) is 0. The largest absolute Gasteiger partial charge is 0.239 e. The van der Waals surface area contributed by atoms with Gasteiger partial charge in [-0.2, -0.15) is 5.26 Å². The van der Waals surface area contributed by atoms with Crippen LogP contribution in [0.5, 0.6) is 0 Å². The molecule has 0 saturated heterocycles. The Morgan fingerprint density at radius 2 is 1.95 bits per heavy atom. The van der Waals surface area contributed by atoms with Gasteiger partial charge in [0.05, 0.1) is 16.1 Å². The van der Waals surface area contributed by atoms with E-state index in [2.05, 4.69) is 27.0 Å². The predicted molar refractivity (Wildman–Crippen MR) is 90.4 cm³/mol. The monoisotopic (exact) mass is 374 g/mol. The minimum absolute atomic E-state index is 0.526. The second kappa shape index (κ2) is 5.98. The molecule has 0 bridgehead atoms. The lowest BCUT2D eigenvalue weighted by molar-refractivity contribution is 1.26. The molecule has 5 heteroatoms. The van der Waals surface area contributed by atoms with Crippen LogP contribution in [0.3, 0.4) is 0 Å². The minimum atomic E-state index is 0.526. The third-order valence-corrected chi connectivity index (χ3v) is 4.73. The topological polar surface area (TPSA) is 36.7 Å². The number of rotatable bonds is 2. The molecule has 0 atom stereocenters. The van der Waals surface area contributed by atoms with Crippen LogP contribution in [0.1, 0.15) is 5.56 Å². The normalized spacial score (nSPS) is 10.3. The van der Waals surface area contributed by atoms with Crippen LogP contribution in [0.15, 0.2) is 52.4 Å².